The van der Waals surface area contributed by atoms with E-state index < -0.39 is 61.8 Å². The Bertz CT molecular complexity index is 1380. The molecule has 1 atom stereocenters. The average Bonchev–Trinajstić information content (AvgIpc) is 3.03. The third-order valence-corrected chi connectivity index (χ3v) is 7.15. The first kappa shape index (κ1) is 46.0. The van der Waals surface area contributed by atoms with Crippen LogP contribution in [0.15, 0.2) is 36.7 Å². The molecule has 0 N–H and O–H groups in total. The van der Waals surface area contributed by atoms with Crippen LogP contribution < -0.4 is 4.74 Å². The van der Waals surface area contributed by atoms with Crippen molar-refractivity contribution in [3.05, 3.63) is 42.2 Å². The second-order valence-electron chi connectivity index (χ2n) is 11.6. The molecule has 0 fully saturated rings. The highest BCUT2D eigenvalue weighted by Gasteiger charge is 2.85. The number of aromatic nitrogens is 2. The van der Waals surface area contributed by atoms with Gasteiger partial charge in [0, 0.05) is 5.56 Å². The van der Waals surface area contributed by atoms with Crippen molar-refractivity contribution in [2.24, 2.45) is 0 Å². The molecule has 2 aromatic rings. The summed E-state index contributed by atoms with van der Waals surface area (Å²) in [6.07, 6.45) is -28.6. The summed E-state index contributed by atoms with van der Waals surface area (Å²) in [7, 11) is 0. The van der Waals surface area contributed by atoms with Crippen LogP contribution in [0.3, 0.4) is 0 Å². The number of hydrogen-bond acceptors (Lipinski definition) is 6. The summed E-state index contributed by atoms with van der Waals surface area (Å²) >= 11 is 0. The van der Waals surface area contributed by atoms with Gasteiger partial charge in [0.1, 0.15) is 12.8 Å². The monoisotopic (exact) mass is 802 g/mol. The lowest BCUT2D eigenvalue weighted by Crippen LogP contribution is -2.64. The van der Waals surface area contributed by atoms with Gasteiger partial charge in [0.2, 0.25) is 0 Å². The van der Waals surface area contributed by atoms with E-state index in [9.17, 15) is 70.2 Å². The molecule has 0 saturated heterocycles. The third-order valence-electron chi connectivity index (χ3n) is 7.15. The predicted molar refractivity (Wildman–Crippen MR) is 153 cm³/mol. The average molecular weight is 803 g/mol. The molecule has 0 aliphatic heterocycles. The first-order valence-electron chi connectivity index (χ1n) is 15.8. The molecule has 0 unspecified atom stereocenters. The van der Waals surface area contributed by atoms with Crippen LogP contribution in [0.2, 0.25) is 0 Å². The van der Waals surface area contributed by atoms with Gasteiger partial charge in [-0.15, -0.1) is 0 Å². The highest BCUT2D eigenvalue weighted by molar-refractivity contribution is 5.55. The van der Waals surface area contributed by atoms with Crippen molar-refractivity contribution in [1.29, 1.82) is 0 Å². The van der Waals surface area contributed by atoms with E-state index in [4.69, 9.17) is 4.74 Å². The first-order chi connectivity index (χ1) is 24.3. The standard InChI is InChI=1S/C31H34F16N2O4/c1-2-3-4-8-15-51-23-16-48-24(49-17-23)21-13-11-20(12-14-21)9-6-5-7-10-22(32)18-50-19-25(33,34)52-30(44,45)31(46,47)53-29(42,43)27(37,38)26(35,36)28(39,40)41/h11-14,16-17,22H,2-10,15,18-19H2,1H3/t22-/m1/s1. The largest absolute Gasteiger partial charge is 0.490 e. The quantitative estimate of drug-likeness (QED) is 0.0778. The van der Waals surface area contributed by atoms with Gasteiger partial charge >= 0.3 is 42.5 Å². The van der Waals surface area contributed by atoms with E-state index in [1.54, 1.807) is 29.3 Å². The van der Waals surface area contributed by atoms with Gasteiger partial charge < -0.3 is 9.47 Å². The normalized spacial score (nSPS) is 14.4. The van der Waals surface area contributed by atoms with E-state index in [2.05, 4.69) is 26.4 Å². The summed E-state index contributed by atoms with van der Waals surface area (Å²) in [5, 5.41) is 0. The number of benzene rings is 1. The van der Waals surface area contributed by atoms with E-state index in [0.29, 0.717) is 37.4 Å². The summed E-state index contributed by atoms with van der Waals surface area (Å²) < 4.78 is 224. The Hall–Kier alpha value is -3.14. The van der Waals surface area contributed by atoms with Crippen LogP contribution in [0.25, 0.3) is 11.4 Å². The van der Waals surface area contributed by atoms with E-state index >= 15 is 0 Å². The van der Waals surface area contributed by atoms with Crippen LogP contribution >= 0.6 is 0 Å². The van der Waals surface area contributed by atoms with Gasteiger partial charge in [-0.2, -0.15) is 65.9 Å². The minimum atomic E-state index is -7.95. The SMILES string of the molecule is CCCCCCOc1cnc(-c2ccc(CCCCC[C@@H](F)COCC(F)(F)OC(F)(F)C(F)(F)OC(F)(F)C(F)(F)C(F)(F)C(F)(F)F)cc2)nc1. The highest BCUT2D eigenvalue weighted by atomic mass is 19.4. The maximum atomic E-state index is 14.1. The van der Waals surface area contributed by atoms with Crippen LogP contribution in [0.4, 0.5) is 70.2 Å². The molecule has 0 radical (unpaired) electrons. The number of rotatable bonds is 24. The van der Waals surface area contributed by atoms with Gasteiger partial charge in [0.05, 0.1) is 25.6 Å². The number of ether oxygens (including phenoxy) is 4. The van der Waals surface area contributed by atoms with E-state index in [-0.39, 0.29) is 12.8 Å². The lowest BCUT2D eigenvalue weighted by Gasteiger charge is -2.36. The molecule has 1 aromatic carbocycles. The molecular weight excluding hydrogens is 768 g/mol. The molecule has 304 valence electrons. The van der Waals surface area contributed by atoms with Crippen molar-refractivity contribution >= 4 is 0 Å². The van der Waals surface area contributed by atoms with Crippen LogP contribution in [-0.2, 0) is 20.6 Å². The fourth-order valence-corrected chi connectivity index (χ4v) is 4.26. The van der Waals surface area contributed by atoms with Gasteiger partial charge in [-0.1, -0.05) is 63.3 Å². The molecule has 0 aliphatic rings. The summed E-state index contributed by atoms with van der Waals surface area (Å²) in [6, 6.07) is 7.23. The van der Waals surface area contributed by atoms with E-state index in [0.717, 1.165) is 36.8 Å². The molecule has 1 heterocycles. The van der Waals surface area contributed by atoms with Crippen molar-refractivity contribution in [2.45, 2.75) is 113 Å². The topological polar surface area (TPSA) is 62.7 Å². The molecule has 0 saturated carbocycles. The van der Waals surface area contributed by atoms with Crippen molar-refractivity contribution in [3.63, 3.8) is 0 Å². The molecule has 53 heavy (non-hydrogen) atoms. The Morgan fingerprint density at radius 1 is 0.642 bits per heavy atom. The fraction of sp³-hybridized carbons (Fsp3) is 0.677. The molecule has 0 bridgehead atoms. The maximum absolute atomic E-state index is 14.1. The van der Waals surface area contributed by atoms with Crippen molar-refractivity contribution in [2.75, 3.05) is 19.8 Å². The Balaban J connectivity index is 1.75. The summed E-state index contributed by atoms with van der Waals surface area (Å²) in [5.41, 5.74) is 1.65. The number of nitrogens with zero attached hydrogens (tertiary/aromatic N) is 2. The molecular formula is C31H34F16N2O4. The Morgan fingerprint density at radius 3 is 1.77 bits per heavy atom. The van der Waals surface area contributed by atoms with Crippen molar-refractivity contribution in [1.82, 2.24) is 9.97 Å². The summed E-state index contributed by atoms with van der Waals surface area (Å²) in [5.74, 6) is -14.7. The number of aryl methyl sites for hydroxylation is 1. The lowest BCUT2D eigenvalue weighted by molar-refractivity contribution is -0.543. The zero-order valence-corrected chi connectivity index (χ0v) is 27.6. The fourth-order valence-electron chi connectivity index (χ4n) is 4.26. The molecule has 0 amide bonds. The molecule has 1 aromatic heterocycles. The Morgan fingerprint density at radius 2 is 1.21 bits per heavy atom. The second kappa shape index (κ2) is 18.5. The Kier molecular flexibility index (Phi) is 16.0. The van der Waals surface area contributed by atoms with Gasteiger partial charge in [0.15, 0.2) is 11.6 Å². The third kappa shape index (κ3) is 13.0. The first-order valence-corrected chi connectivity index (χ1v) is 15.8. The summed E-state index contributed by atoms with van der Waals surface area (Å²) in [4.78, 5) is 8.58. The summed E-state index contributed by atoms with van der Waals surface area (Å²) in [6.45, 7) is -1.03. The zero-order valence-electron chi connectivity index (χ0n) is 27.6. The van der Waals surface area contributed by atoms with Gasteiger partial charge in [-0.25, -0.2) is 23.8 Å². The van der Waals surface area contributed by atoms with E-state index in [1.165, 1.54) is 0 Å². The van der Waals surface area contributed by atoms with Crippen molar-refractivity contribution in [3.8, 4) is 17.1 Å². The lowest BCUT2D eigenvalue weighted by atomic mass is 10.0. The molecule has 2 rings (SSSR count). The number of unbranched alkanes of at least 4 members (excludes halogenated alkanes) is 5. The Labute approximate surface area is 292 Å². The van der Waals surface area contributed by atoms with Gasteiger partial charge in [-0.05, 0) is 31.2 Å². The van der Waals surface area contributed by atoms with Crippen LogP contribution in [-0.4, -0.2) is 78.4 Å². The number of alkyl halides is 16. The van der Waals surface area contributed by atoms with Gasteiger partial charge in [0.25, 0.3) is 0 Å². The predicted octanol–water partition coefficient (Wildman–Crippen LogP) is 10.8. The molecule has 6 nitrogen and oxygen atoms in total. The molecule has 0 spiro atoms. The zero-order chi connectivity index (χ0) is 40.4. The van der Waals surface area contributed by atoms with E-state index in [1.807, 2.05) is 12.1 Å². The number of halogens is 16. The van der Waals surface area contributed by atoms with Crippen molar-refractivity contribution < 1.29 is 89.2 Å². The maximum Gasteiger partial charge on any atom is 0.460 e. The van der Waals surface area contributed by atoms with Crippen LogP contribution in [0.1, 0.15) is 63.9 Å². The molecule has 22 heteroatoms. The van der Waals surface area contributed by atoms with Crippen LogP contribution in [0.5, 0.6) is 5.75 Å². The van der Waals surface area contributed by atoms with Crippen LogP contribution in [0, 0.1) is 0 Å². The minimum Gasteiger partial charge on any atom is -0.490 e. The van der Waals surface area contributed by atoms with Gasteiger partial charge in [-0.3, -0.25) is 0 Å². The number of hydrogen-bond donors (Lipinski definition) is 0. The second-order valence-corrected chi connectivity index (χ2v) is 11.6. The molecule has 0 aliphatic carbocycles. The highest BCUT2D eigenvalue weighted by Crippen LogP contribution is 2.56. The minimum absolute atomic E-state index is 0.171. The smallest absolute Gasteiger partial charge is 0.460 e.